The quantitative estimate of drug-likeness (QED) is 0.787. The normalized spacial score (nSPS) is 16.2. The second kappa shape index (κ2) is 3.80. The van der Waals surface area contributed by atoms with Gasteiger partial charge >= 0.3 is 5.97 Å². The highest BCUT2D eigenvalue weighted by molar-refractivity contribution is 5.74. The van der Waals surface area contributed by atoms with E-state index in [0.717, 1.165) is 0 Å². The fourth-order valence-electron chi connectivity index (χ4n) is 1.45. The summed E-state index contributed by atoms with van der Waals surface area (Å²) >= 11 is 0. The Kier molecular flexibility index (Phi) is 2.49. The number of aromatic nitrogens is 2. The maximum absolute atomic E-state index is 12.3. The van der Waals surface area contributed by atoms with E-state index in [1.165, 1.54) is 12.4 Å². The van der Waals surface area contributed by atoms with Crippen molar-refractivity contribution in [2.45, 2.75) is 6.67 Å². The van der Waals surface area contributed by atoms with Crippen LogP contribution in [-0.4, -0.2) is 34.1 Å². The monoisotopic (exact) mass is 211 g/mol. The van der Waals surface area contributed by atoms with Gasteiger partial charge < -0.3 is 10.0 Å². The van der Waals surface area contributed by atoms with Crippen molar-refractivity contribution in [1.82, 2.24) is 9.97 Å². The molecule has 1 aromatic heterocycles. The molecule has 0 bridgehead atoms. The van der Waals surface area contributed by atoms with Crippen LogP contribution in [-0.2, 0) is 11.5 Å². The largest absolute Gasteiger partial charge is 0.481 e. The van der Waals surface area contributed by atoms with E-state index in [-0.39, 0.29) is 5.92 Å². The van der Waals surface area contributed by atoms with Crippen molar-refractivity contribution in [3.63, 3.8) is 0 Å². The molecule has 0 unspecified atom stereocenters. The molecule has 0 radical (unpaired) electrons. The number of nitrogens with zero attached hydrogens (tertiary/aromatic N) is 3. The van der Waals surface area contributed by atoms with Gasteiger partial charge in [-0.15, -0.1) is 0 Å². The molecule has 1 aromatic rings. The van der Waals surface area contributed by atoms with Gasteiger partial charge in [0.1, 0.15) is 18.8 Å². The number of carboxylic acids is 1. The van der Waals surface area contributed by atoms with Crippen molar-refractivity contribution in [2.24, 2.45) is 5.92 Å². The average molecular weight is 211 g/mol. The van der Waals surface area contributed by atoms with Gasteiger partial charge in [0.05, 0.1) is 11.6 Å². The van der Waals surface area contributed by atoms with E-state index in [4.69, 9.17) is 5.11 Å². The Morgan fingerprint density at radius 1 is 1.60 bits per heavy atom. The smallest absolute Gasteiger partial charge is 0.310 e. The SMILES string of the molecule is O=C(O)C1CN(c2cc(CF)ncn2)C1. The molecule has 2 rings (SSSR count). The minimum Gasteiger partial charge on any atom is -0.481 e. The van der Waals surface area contributed by atoms with Crippen LogP contribution in [0, 0.1) is 5.92 Å². The summed E-state index contributed by atoms with van der Waals surface area (Å²) in [4.78, 5) is 20.0. The van der Waals surface area contributed by atoms with Crippen molar-refractivity contribution >= 4 is 11.8 Å². The number of alkyl halides is 1. The van der Waals surface area contributed by atoms with Crippen molar-refractivity contribution in [3.05, 3.63) is 18.1 Å². The predicted octanol–water partition coefficient (Wildman–Crippen LogP) is 0.467. The molecule has 80 valence electrons. The van der Waals surface area contributed by atoms with Crippen LogP contribution in [0.3, 0.4) is 0 Å². The Bertz CT molecular complexity index is 379. The van der Waals surface area contributed by atoms with Gasteiger partial charge in [-0.3, -0.25) is 4.79 Å². The van der Waals surface area contributed by atoms with Crippen LogP contribution in [0.1, 0.15) is 5.69 Å². The molecule has 6 heteroatoms. The molecule has 5 nitrogen and oxygen atoms in total. The summed E-state index contributed by atoms with van der Waals surface area (Å²) in [5, 5.41) is 8.68. The number of hydrogen-bond donors (Lipinski definition) is 1. The number of rotatable bonds is 3. The van der Waals surface area contributed by atoms with Crippen LogP contribution in [0.2, 0.25) is 0 Å². The molecule has 1 aliphatic rings. The van der Waals surface area contributed by atoms with Gasteiger partial charge in [0, 0.05) is 19.2 Å². The number of anilines is 1. The van der Waals surface area contributed by atoms with E-state index in [1.54, 1.807) is 4.90 Å². The topological polar surface area (TPSA) is 66.3 Å². The molecule has 1 fully saturated rings. The van der Waals surface area contributed by atoms with Crippen molar-refractivity contribution in [2.75, 3.05) is 18.0 Å². The summed E-state index contributed by atoms with van der Waals surface area (Å²) in [7, 11) is 0. The first kappa shape index (κ1) is 9.82. The zero-order valence-electron chi connectivity index (χ0n) is 7.93. The van der Waals surface area contributed by atoms with E-state index in [1.807, 2.05) is 0 Å². The van der Waals surface area contributed by atoms with E-state index >= 15 is 0 Å². The maximum atomic E-state index is 12.3. The molecule has 1 aliphatic heterocycles. The van der Waals surface area contributed by atoms with Gasteiger partial charge in [0.2, 0.25) is 0 Å². The predicted molar refractivity (Wildman–Crippen MR) is 50.2 cm³/mol. The second-order valence-electron chi connectivity index (χ2n) is 3.44. The number of aliphatic carboxylic acids is 1. The highest BCUT2D eigenvalue weighted by Crippen LogP contribution is 2.22. The average Bonchev–Trinajstić information content (AvgIpc) is 2.15. The minimum absolute atomic E-state index is 0.318. The third-order valence-corrected chi connectivity index (χ3v) is 2.40. The number of halogens is 1. The summed E-state index contributed by atoms with van der Waals surface area (Å²) in [5.74, 6) is -0.546. The van der Waals surface area contributed by atoms with E-state index < -0.39 is 12.6 Å². The first-order valence-corrected chi connectivity index (χ1v) is 4.55. The fraction of sp³-hybridized carbons (Fsp3) is 0.444. The zero-order chi connectivity index (χ0) is 10.8. The molecule has 2 heterocycles. The third kappa shape index (κ3) is 1.88. The zero-order valence-corrected chi connectivity index (χ0v) is 7.93. The summed E-state index contributed by atoms with van der Waals surface area (Å²) in [6.45, 7) is 0.224. The molecule has 0 aromatic carbocycles. The third-order valence-electron chi connectivity index (χ3n) is 2.40. The first-order valence-electron chi connectivity index (χ1n) is 4.55. The van der Waals surface area contributed by atoms with E-state index in [0.29, 0.717) is 24.6 Å². The van der Waals surface area contributed by atoms with E-state index in [9.17, 15) is 9.18 Å². The molecular formula is C9H10FN3O2. The molecule has 0 saturated carbocycles. The standard InChI is InChI=1S/C9H10FN3O2/c10-2-7-1-8(12-5-11-7)13-3-6(4-13)9(14)15/h1,5-6H,2-4H2,(H,14,15). The van der Waals surface area contributed by atoms with Gasteiger partial charge in [-0.25, -0.2) is 14.4 Å². The molecule has 0 amide bonds. The van der Waals surface area contributed by atoms with Crippen LogP contribution in [0.25, 0.3) is 0 Å². The molecule has 1 N–H and O–H groups in total. The summed E-state index contributed by atoms with van der Waals surface area (Å²) in [6.07, 6.45) is 1.29. The highest BCUT2D eigenvalue weighted by Gasteiger charge is 2.33. The van der Waals surface area contributed by atoms with Crippen LogP contribution in [0.15, 0.2) is 12.4 Å². The Balaban J connectivity index is 2.03. The number of carbonyl (C=O) groups is 1. The van der Waals surface area contributed by atoms with Crippen molar-refractivity contribution in [3.8, 4) is 0 Å². The van der Waals surface area contributed by atoms with Gasteiger partial charge in [-0.1, -0.05) is 0 Å². The first-order chi connectivity index (χ1) is 7.20. The van der Waals surface area contributed by atoms with Gasteiger partial charge in [-0.2, -0.15) is 0 Å². The molecule has 1 saturated heterocycles. The Morgan fingerprint density at radius 2 is 2.33 bits per heavy atom. The lowest BCUT2D eigenvalue weighted by Gasteiger charge is -2.37. The second-order valence-corrected chi connectivity index (χ2v) is 3.44. The van der Waals surface area contributed by atoms with E-state index in [2.05, 4.69) is 9.97 Å². The van der Waals surface area contributed by atoms with Crippen LogP contribution in [0.5, 0.6) is 0 Å². The lowest BCUT2D eigenvalue weighted by atomic mass is 10.0. The maximum Gasteiger partial charge on any atom is 0.310 e. The molecule has 0 spiro atoms. The highest BCUT2D eigenvalue weighted by atomic mass is 19.1. The Morgan fingerprint density at radius 3 is 2.93 bits per heavy atom. The summed E-state index contributed by atoms with van der Waals surface area (Å²) in [5.41, 5.74) is 0.318. The van der Waals surface area contributed by atoms with Crippen LogP contribution >= 0.6 is 0 Å². The number of carboxylic acid groups (broad SMARTS) is 1. The Hall–Kier alpha value is -1.72. The van der Waals surface area contributed by atoms with Gasteiger partial charge in [0.15, 0.2) is 0 Å². The summed E-state index contributed by atoms with van der Waals surface area (Å²) < 4.78 is 12.3. The molecule has 0 atom stereocenters. The van der Waals surface area contributed by atoms with Crippen molar-refractivity contribution in [1.29, 1.82) is 0 Å². The van der Waals surface area contributed by atoms with Crippen LogP contribution in [0.4, 0.5) is 10.2 Å². The van der Waals surface area contributed by atoms with Crippen LogP contribution < -0.4 is 4.90 Å². The van der Waals surface area contributed by atoms with Gasteiger partial charge in [0.25, 0.3) is 0 Å². The lowest BCUT2D eigenvalue weighted by molar-refractivity contribution is -0.142. The minimum atomic E-state index is -0.800. The number of hydrogen-bond acceptors (Lipinski definition) is 4. The molecule has 0 aliphatic carbocycles. The van der Waals surface area contributed by atoms with Gasteiger partial charge in [-0.05, 0) is 0 Å². The fourth-order valence-corrected chi connectivity index (χ4v) is 1.45. The van der Waals surface area contributed by atoms with Crippen molar-refractivity contribution < 1.29 is 14.3 Å². The Labute approximate surface area is 85.6 Å². The lowest BCUT2D eigenvalue weighted by Crippen LogP contribution is -2.50. The molecular weight excluding hydrogens is 201 g/mol. The summed E-state index contributed by atoms with van der Waals surface area (Å²) in [6, 6.07) is 1.54. The molecule has 15 heavy (non-hydrogen) atoms.